The molecule has 4 aromatic carbocycles. The minimum Gasteiger partial charge on any atom is -0.397 e. The van der Waals surface area contributed by atoms with E-state index in [1.807, 2.05) is 60.0 Å². The molecule has 0 saturated carbocycles. The fraction of sp³-hybridized carbons (Fsp3) is 0. The van der Waals surface area contributed by atoms with Gasteiger partial charge >= 0.3 is 0 Å². The number of halogens is 1. The van der Waals surface area contributed by atoms with Crippen molar-refractivity contribution >= 4 is 72.8 Å². The van der Waals surface area contributed by atoms with Gasteiger partial charge in [-0.1, -0.05) is 60.7 Å². The van der Waals surface area contributed by atoms with Crippen LogP contribution in [0.5, 0.6) is 0 Å². The van der Waals surface area contributed by atoms with Crippen LogP contribution < -0.4 is 11.1 Å². The van der Waals surface area contributed by atoms with Gasteiger partial charge in [0.05, 0.1) is 11.4 Å². The number of hydrogen-bond acceptors (Lipinski definition) is 6. The lowest BCUT2D eigenvalue weighted by atomic mass is 9.97. The van der Waals surface area contributed by atoms with Gasteiger partial charge in [-0.05, 0) is 88.0 Å². The van der Waals surface area contributed by atoms with Gasteiger partial charge in [0.25, 0.3) is 5.91 Å². The molecule has 0 spiro atoms. The average Bonchev–Trinajstić information content (AvgIpc) is 3.71. The van der Waals surface area contributed by atoms with Crippen LogP contribution in [0.25, 0.3) is 49.4 Å². The number of carbonyl (C=O) groups is 2. The summed E-state index contributed by atoms with van der Waals surface area (Å²) in [6.45, 7) is 0. The van der Waals surface area contributed by atoms with Crippen molar-refractivity contribution in [1.29, 1.82) is 0 Å². The Morgan fingerprint density at radius 2 is 1.62 bits per heavy atom. The van der Waals surface area contributed by atoms with Crippen molar-refractivity contribution in [2.24, 2.45) is 0 Å². The maximum atomic E-state index is 13.9. The highest BCUT2D eigenvalue weighted by molar-refractivity contribution is 7.21. The number of thiophene rings is 2. The summed E-state index contributed by atoms with van der Waals surface area (Å²) in [6.07, 6.45) is 3.32. The van der Waals surface area contributed by atoms with Gasteiger partial charge in [0.15, 0.2) is 5.78 Å². The van der Waals surface area contributed by atoms with Crippen LogP contribution in [0.2, 0.25) is 0 Å². The first-order chi connectivity index (χ1) is 21.9. The van der Waals surface area contributed by atoms with Gasteiger partial charge in [-0.25, -0.2) is 9.37 Å². The molecule has 1 amide bonds. The number of ketones is 1. The number of hydrogen-bond donors (Lipinski definition) is 2. The van der Waals surface area contributed by atoms with Gasteiger partial charge in [0.1, 0.15) is 15.5 Å². The minimum absolute atomic E-state index is 0.128. The first kappa shape index (κ1) is 28.3. The SMILES string of the molecule is Nc1c(C(=O)Nc2ccc(C(=O)C=Cc3cccs3)cc2)sc2nc(-c3cccc4ccccc34)cc(-c3ccc(F)cc3)c12. The maximum absolute atomic E-state index is 13.9. The monoisotopic (exact) mass is 625 g/mol. The first-order valence-corrected chi connectivity index (χ1v) is 15.8. The molecule has 0 aliphatic heterocycles. The van der Waals surface area contributed by atoms with Crippen LogP contribution in [-0.2, 0) is 0 Å². The summed E-state index contributed by atoms with van der Waals surface area (Å²) in [6, 6.07) is 32.9. The Morgan fingerprint density at radius 3 is 2.40 bits per heavy atom. The Kier molecular flexibility index (Phi) is 7.51. The molecule has 3 aromatic heterocycles. The molecule has 3 N–H and O–H groups in total. The summed E-state index contributed by atoms with van der Waals surface area (Å²) in [4.78, 5) is 33.0. The lowest BCUT2D eigenvalue weighted by Gasteiger charge is -2.11. The molecule has 0 atom stereocenters. The fourth-order valence-electron chi connectivity index (χ4n) is 5.28. The fourth-order valence-corrected chi connectivity index (χ4v) is 6.91. The molecule has 0 aliphatic carbocycles. The molecule has 8 heteroatoms. The number of fused-ring (bicyclic) bond motifs is 2. The zero-order valence-electron chi connectivity index (χ0n) is 23.7. The van der Waals surface area contributed by atoms with Gasteiger partial charge in [-0.2, -0.15) is 0 Å². The number of nitrogen functional groups attached to an aromatic ring is 1. The first-order valence-electron chi connectivity index (χ1n) is 14.1. The summed E-state index contributed by atoms with van der Waals surface area (Å²) < 4.78 is 13.9. The van der Waals surface area contributed by atoms with Gasteiger partial charge in [0.2, 0.25) is 0 Å². The normalized spacial score (nSPS) is 11.4. The van der Waals surface area contributed by atoms with E-state index in [0.717, 1.165) is 38.0 Å². The Labute approximate surface area is 266 Å². The molecule has 0 unspecified atom stereocenters. The Hall–Kier alpha value is -5.44. The number of carbonyl (C=O) groups excluding carboxylic acids is 2. The van der Waals surface area contributed by atoms with Gasteiger partial charge in [-0.3, -0.25) is 9.59 Å². The van der Waals surface area contributed by atoms with Crippen molar-refractivity contribution in [2.75, 3.05) is 11.1 Å². The Balaban J connectivity index is 1.24. The zero-order chi connectivity index (χ0) is 30.9. The highest BCUT2D eigenvalue weighted by Crippen LogP contribution is 2.42. The molecule has 0 radical (unpaired) electrons. The number of pyridine rings is 1. The molecule has 7 aromatic rings. The number of rotatable bonds is 7. The predicted octanol–water partition coefficient (Wildman–Crippen LogP) is 9.71. The van der Waals surface area contributed by atoms with Crippen LogP contribution in [-0.4, -0.2) is 16.7 Å². The third-order valence-electron chi connectivity index (χ3n) is 7.50. The number of benzene rings is 4. The number of allylic oxidation sites excluding steroid dienone is 1. The van der Waals surface area contributed by atoms with Crippen molar-refractivity contribution in [2.45, 2.75) is 0 Å². The largest absolute Gasteiger partial charge is 0.397 e. The molecule has 7 rings (SSSR count). The summed E-state index contributed by atoms with van der Waals surface area (Å²) >= 11 is 2.76. The molecule has 5 nitrogen and oxygen atoms in total. The molecule has 0 aliphatic rings. The number of amides is 1. The number of aromatic nitrogens is 1. The van der Waals surface area contributed by atoms with E-state index in [-0.39, 0.29) is 17.5 Å². The second-order valence-electron chi connectivity index (χ2n) is 10.4. The second kappa shape index (κ2) is 11.9. The van der Waals surface area contributed by atoms with Gasteiger partial charge in [0, 0.05) is 27.1 Å². The molecule has 45 heavy (non-hydrogen) atoms. The van der Waals surface area contributed by atoms with E-state index in [0.29, 0.717) is 32.0 Å². The third kappa shape index (κ3) is 5.64. The van der Waals surface area contributed by atoms with Gasteiger partial charge < -0.3 is 11.1 Å². The standard InChI is InChI=1S/C37H24FN3O2S2/c38-25-14-10-23(11-15-25)30-21-31(29-9-3-6-22-5-1-2-8-28(22)29)41-37-33(30)34(39)35(45-37)36(43)40-26-16-12-24(13-17-26)32(42)19-18-27-7-4-20-44-27/h1-21H,39H2,(H,40,43). The van der Waals surface area contributed by atoms with Crippen LogP contribution >= 0.6 is 22.7 Å². The highest BCUT2D eigenvalue weighted by Gasteiger charge is 2.22. The molecular formula is C37H24FN3O2S2. The van der Waals surface area contributed by atoms with Crippen molar-refractivity contribution in [1.82, 2.24) is 4.98 Å². The topological polar surface area (TPSA) is 85.1 Å². The molecular weight excluding hydrogens is 602 g/mol. The van der Waals surface area contributed by atoms with Crippen LogP contribution in [0.1, 0.15) is 24.9 Å². The lowest BCUT2D eigenvalue weighted by Crippen LogP contribution is -2.12. The van der Waals surface area contributed by atoms with Crippen molar-refractivity contribution < 1.29 is 14.0 Å². The Bertz CT molecular complexity index is 2230. The summed E-state index contributed by atoms with van der Waals surface area (Å²) in [7, 11) is 0. The average molecular weight is 626 g/mol. The number of nitrogens with one attached hydrogen (secondary N) is 1. The predicted molar refractivity (Wildman–Crippen MR) is 184 cm³/mol. The van der Waals surface area contributed by atoms with Crippen LogP contribution in [0.15, 0.2) is 121 Å². The highest BCUT2D eigenvalue weighted by atomic mass is 32.1. The van der Waals surface area contributed by atoms with E-state index in [2.05, 4.69) is 11.4 Å². The summed E-state index contributed by atoms with van der Waals surface area (Å²) in [5.41, 5.74) is 11.2. The van der Waals surface area contributed by atoms with Crippen LogP contribution in [0.4, 0.5) is 15.8 Å². The van der Waals surface area contributed by atoms with Crippen LogP contribution in [0, 0.1) is 5.82 Å². The van der Waals surface area contributed by atoms with Crippen molar-refractivity contribution in [3.8, 4) is 22.4 Å². The zero-order valence-corrected chi connectivity index (χ0v) is 25.3. The number of anilines is 2. The summed E-state index contributed by atoms with van der Waals surface area (Å²) in [5.74, 6) is -0.858. The molecule has 0 fully saturated rings. The van der Waals surface area contributed by atoms with Gasteiger partial charge in [-0.15, -0.1) is 22.7 Å². The third-order valence-corrected chi connectivity index (χ3v) is 9.43. The smallest absolute Gasteiger partial charge is 0.267 e. The Morgan fingerprint density at radius 1 is 0.844 bits per heavy atom. The molecule has 0 bridgehead atoms. The van der Waals surface area contributed by atoms with Crippen molar-refractivity contribution in [3.63, 3.8) is 0 Å². The lowest BCUT2D eigenvalue weighted by molar-refractivity contribution is 0.102. The number of nitrogens with two attached hydrogens (primary N) is 1. The molecule has 0 saturated heterocycles. The van der Waals surface area contributed by atoms with E-state index in [1.165, 1.54) is 29.5 Å². The minimum atomic E-state index is -0.385. The van der Waals surface area contributed by atoms with E-state index in [4.69, 9.17) is 10.7 Å². The summed E-state index contributed by atoms with van der Waals surface area (Å²) in [5, 5.41) is 7.62. The van der Waals surface area contributed by atoms with E-state index in [9.17, 15) is 14.0 Å². The maximum Gasteiger partial charge on any atom is 0.267 e. The molecule has 218 valence electrons. The van der Waals surface area contributed by atoms with E-state index < -0.39 is 0 Å². The van der Waals surface area contributed by atoms with Crippen LogP contribution in [0.3, 0.4) is 0 Å². The number of nitrogens with zero attached hydrogens (tertiary/aromatic N) is 1. The second-order valence-corrected chi connectivity index (χ2v) is 12.3. The quantitative estimate of drug-likeness (QED) is 0.136. The van der Waals surface area contributed by atoms with E-state index in [1.54, 1.807) is 53.8 Å². The molecule has 3 heterocycles. The van der Waals surface area contributed by atoms with Crippen molar-refractivity contribution in [3.05, 3.63) is 142 Å². The van der Waals surface area contributed by atoms with E-state index >= 15 is 0 Å².